The van der Waals surface area contributed by atoms with Crippen LogP contribution in [0.3, 0.4) is 0 Å². The van der Waals surface area contributed by atoms with E-state index in [1.165, 1.54) is 0 Å². The van der Waals surface area contributed by atoms with Gasteiger partial charge in [-0.2, -0.15) is 0 Å². The molecule has 2 aromatic carbocycles. The highest BCUT2D eigenvalue weighted by atomic mass is 35.5. The number of carbonyl (C=O) groups excluding carboxylic acids is 2. The number of fused-ring (bicyclic) bond motifs is 1. The van der Waals surface area contributed by atoms with E-state index in [1.807, 2.05) is 70.5 Å². The van der Waals surface area contributed by atoms with E-state index in [0.29, 0.717) is 26.2 Å². The third-order valence-corrected chi connectivity index (χ3v) is 6.27. The Balaban J connectivity index is 0.00000231. The Kier molecular flexibility index (Phi) is 6.29. The zero-order valence-corrected chi connectivity index (χ0v) is 18.0. The summed E-state index contributed by atoms with van der Waals surface area (Å²) in [5.41, 5.74) is 0.583. The number of hydrogen-bond acceptors (Lipinski definition) is 6. The van der Waals surface area contributed by atoms with Crippen LogP contribution in [-0.2, 0) is 20.1 Å². The maximum Gasteiger partial charge on any atom is 0.327 e. The van der Waals surface area contributed by atoms with Gasteiger partial charge in [-0.15, -0.1) is 12.4 Å². The van der Waals surface area contributed by atoms with Crippen LogP contribution in [-0.4, -0.2) is 73.0 Å². The molecule has 7 nitrogen and oxygen atoms in total. The van der Waals surface area contributed by atoms with Crippen LogP contribution < -0.4 is 10.6 Å². The molecular weight excluding hydrogens is 416 g/mol. The van der Waals surface area contributed by atoms with Gasteiger partial charge >= 0.3 is 5.97 Å². The Hall–Kier alpha value is -2.45. The van der Waals surface area contributed by atoms with Crippen molar-refractivity contribution < 1.29 is 14.3 Å². The third-order valence-electron chi connectivity index (χ3n) is 6.27. The summed E-state index contributed by atoms with van der Waals surface area (Å²) >= 11 is 0. The Labute approximate surface area is 188 Å². The van der Waals surface area contributed by atoms with Crippen molar-refractivity contribution in [2.75, 3.05) is 39.3 Å². The Morgan fingerprint density at radius 3 is 2.06 bits per heavy atom. The van der Waals surface area contributed by atoms with Gasteiger partial charge in [0.15, 0.2) is 0 Å². The fourth-order valence-corrected chi connectivity index (χ4v) is 4.89. The summed E-state index contributed by atoms with van der Waals surface area (Å²) in [6, 6.07) is 18.5. The highest BCUT2D eigenvalue weighted by molar-refractivity contribution is 5.87. The first-order valence-electron chi connectivity index (χ1n) is 10.5. The molecule has 2 atom stereocenters. The fraction of sp³-hybridized carbons (Fsp3) is 0.391. The number of nitrogens with one attached hydrogen (secondary N) is 2. The molecule has 2 aromatic rings. The molecule has 2 unspecified atom stereocenters. The summed E-state index contributed by atoms with van der Waals surface area (Å²) in [4.78, 5) is 30.6. The Morgan fingerprint density at radius 2 is 1.48 bits per heavy atom. The van der Waals surface area contributed by atoms with Crippen LogP contribution in [0.15, 0.2) is 60.7 Å². The van der Waals surface area contributed by atoms with Gasteiger partial charge in [-0.3, -0.25) is 9.59 Å². The largest absolute Gasteiger partial charge is 0.434 e. The first-order valence-corrected chi connectivity index (χ1v) is 10.5. The number of hydrogen-bond donors (Lipinski definition) is 2. The smallest absolute Gasteiger partial charge is 0.327 e. The topological polar surface area (TPSA) is 73.9 Å². The van der Waals surface area contributed by atoms with Crippen molar-refractivity contribution in [3.63, 3.8) is 0 Å². The SMILES string of the molecule is Cl.O=C1OC(c2ccccc2)(c2ccccc2)N2C1CNCC2C(=O)N1CCNCC1. The Bertz CT molecular complexity index is 881. The summed E-state index contributed by atoms with van der Waals surface area (Å²) in [6.07, 6.45) is 0. The van der Waals surface area contributed by atoms with Gasteiger partial charge in [0.2, 0.25) is 11.6 Å². The van der Waals surface area contributed by atoms with Crippen LogP contribution in [0, 0.1) is 0 Å². The molecule has 1 amide bonds. The summed E-state index contributed by atoms with van der Waals surface area (Å²) < 4.78 is 6.20. The van der Waals surface area contributed by atoms with Crippen LogP contribution in [0.5, 0.6) is 0 Å². The average molecular weight is 443 g/mol. The number of esters is 1. The number of rotatable bonds is 3. The number of ether oxygens (including phenoxy) is 1. The summed E-state index contributed by atoms with van der Waals surface area (Å²) in [5, 5.41) is 6.58. The van der Waals surface area contributed by atoms with Crippen LogP contribution in [0.4, 0.5) is 0 Å². The maximum absolute atomic E-state index is 13.6. The summed E-state index contributed by atoms with van der Waals surface area (Å²) in [7, 11) is 0. The molecule has 0 radical (unpaired) electrons. The molecule has 0 aliphatic carbocycles. The standard InChI is InChI=1S/C23H26N4O3.ClH/c28-21(26-13-11-24-12-14-26)19-15-25-16-20-22(29)30-23(27(19)20,17-7-3-1-4-8-17)18-9-5-2-6-10-18;/h1-10,19-20,24-25H,11-16H2;1H. The zero-order valence-electron chi connectivity index (χ0n) is 17.2. The number of cyclic esters (lactones) is 1. The van der Waals surface area contributed by atoms with E-state index in [1.54, 1.807) is 0 Å². The van der Waals surface area contributed by atoms with Gasteiger partial charge in [0.25, 0.3) is 0 Å². The van der Waals surface area contributed by atoms with Crippen molar-refractivity contribution in [1.29, 1.82) is 0 Å². The lowest BCUT2D eigenvalue weighted by Gasteiger charge is -2.46. The quantitative estimate of drug-likeness (QED) is 0.689. The minimum absolute atomic E-state index is 0. The second kappa shape index (κ2) is 8.96. The first kappa shape index (κ1) is 21.8. The molecule has 3 heterocycles. The molecule has 0 saturated carbocycles. The lowest BCUT2D eigenvalue weighted by Crippen LogP contribution is -2.67. The molecule has 8 heteroatoms. The average Bonchev–Trinajstić information content (AvgIpc) is 3.14. The van der Waals surface area contributed by atoms with Crippen molar-refractivity contribution in [2.45, 2.75) is 17.8 Å². The molecule has 3 fully saturated rings. The van der Waals surface area contributed by atoms with E-state index in [9.17, 15) is 9.59 Å². The summed E-state index contributed by atoms with van der Waals surface area (Å²) in [6.45, 7) is 3.86. The molecule has 5 rings (SSSR count). The molecule has 164 valence electrons. The lowest BCUT2D eigenvalue weighted by atomic mass is 9.89. The van der Waals surface area contributed by atoms with Crippen LogP contribution in [0.1, 0.15) is 11.1 Å². The molecule has 3 saturated heterocycles. The zero-order chi connectivity index (χ0) is 20.6. The number of amides is 1. The van der Waals surface area contributed by atoms with Crippen LogP contribution in [0.2, 0.25) is 0 Å². The van der Waals surface area contributed by atoms with Crippen molar-refractivity contribution in [3.8, 4) is 0 Å². The highest BCUT2D eigenvalue weighted by Gasteiger charge is 2.60. The van der Waals surface area contributed by atoms with Gasteiger partial charge in [-0.05, 0) is 0 Å². The molecule has 0 aromatic heterocycles. The van der Waals surface area contributed by atoms with Crippen LogP contribution >= 0.6 is 12.4 Å². The van der Waals surface area contributed by atoms with Gasteiger partial charge in [0, 0.05) is 50.4 Å². The number of halogens is 1. The van der Waals surface area contributed by atoms with E-state index in [-0.39, 0.29) is 24.3 Å². The predicted molar refractivity (Wildman–Crippen MR) is 119 cm³/mol. The van der Waals surface area contributed by atoms with Crippen molar-refractivity contribution >= 4 is 24.3 Å². The van der Waals surface area contributed by atoms with Crippen LogP contribution in [0.25, 0.3) is 0 Å². The molecule has 0 bridgehead atoms. The van der Waals surface area contributed by atoms with Gasteiger partial charge in [-0.1, -0.05) is 60.7 Å². The van der Waals surface area contributed by atoms with Gasteiger partial charge in [-0.25, -0.2) is 4.90 Å². The summed E-state index contributed by atoms with van der Waals surface area (Å²) in [5.74, 6) is -0.253. The second-order valence-electron chi connectivity index (χ2n) is 7.97. The maximum atomic E-state index is 13.6. The van der Waals surface area contributed by atoms with Crippen molar-refractivity contribution in [1.82, 2.24) is 20.4 Å². The van der Waals surface area contributed by atoms with E-state index in [0.717, 1.165) is 24.2 Å². The highest BCUT2D eigenvalue weighted by Crippen LogP contribution is 2.45. The van der Waals surface area contributed by atoms with E-state index in [2.05, 4.69) is 10.6 Å². The molecule has 2 N–H and O–H groups in total. The molecule has 0 spiro atoms. The van der Waals surface area contributed by atoms with Gasteiger partial charge in [0.1, 0.15) is 12.1 Å². The fourth-order valence-electron chi connectivity index (χ4n) is 4.89. The van der Waals surface area contributed by atoms with Crippen molar-refractivity contribution in [2.24, 2.45) is 0 Å². The number of carbonyl (C=O) groups is 2. The number of benzene rings is 2. The monoisotopic (exact) mass is 442 g/mol. The van der Waals surface area contributed by atoms with Gasteiger partial charge < -0.3 is 20.3 Å². The van der Waals surface area contributed by atoms with E-state index in [4.69, 9.17) is 4.74 Å². The predicted octanol–water partition coefficient (Wildman–Crippen LogP) is 0.940. The van der Waals surface area contributed by atoms with Crippen molar-refractivity contribution in [3.05, 3.63) is 71.8 Å². The first-order chi connectivity index (χ1) is 14.7. The minimum Gasteiger partial charge on any atom is -0.434 e. The second-order valence-corrected chi connectivity index (χ2v) is 7.97. The molecule has 3 aliphatic rings. The van der Waals surface area contributed by atoms with Gasteiger partial charge in [0.05, 0.1) is 0 Å². The molecule has 3 aliphatic heterocycles. The molecular formula is C23H27ClN4O3. The normalized spacial score (nSPS) is 25.3. The lowest BCUT2D eigenvalue weighted by molar-refractivity contribution is -0.156. The molecule has 31 heavy (non-hydrogen) atoms. The number of nitrogens with zero attached hydrogens (tertiary/aromatic N) is 2. The van der Waals surface area contributed by atoms with E-state index >= 15 is 0 Å². The number of piperazine rings is 2. The minimum atomic E-state index is -1.12. The Morgan fingerprint density at radius 1 is 0.903 bits per heavy atom. The third kappa shape index (κ3) is 3.61. The van der Waals surface area contributed by atoms with E-state index < -0.39 is 17.8 Å².